The molecule has 0 radical (unpaired) electrons. The number of nitrogens with zero attached hydrogens (tertiary/aromatic N) is 1. The number of aromatic nitrogens is 1. The largest absolute Gasteiger partial charge is 0.271 e. The number of hydrazine groups is 1. The molecule has 3 heteroatoms. The summed E-state index contributed by atoms with van der Waals surface area (Å²) in [6.45, 7) is 4.45. The first-order valence-corrected chi connectivity index (χ1v) is 6.56. The Labute approximate surface area is 108 Å². The third-order valence-corrected chi connectivity index (χ3v) is 3.57. The first-order valence-electron chi connectivity index (χ1n) is 6.56. The summed E-state index contributed by atoms with van der Waals surface area (Å²) in [5.41, 5.74) is 3.96. The van der Waals surface area contributed by atoms with Gasteiger partial charge in [0.1, 0.15) is 0 Å². The molecule has 0 aliphatic rings. The number of fused-ring (bicyclic) bond motifs is 1. The molecule has 0 saturated heterocycles. The van der Waals surface area contributed by atoms with Crippen molar-refractivity contribution in [1.29, 1.82) is 0 Å². The minimum Gasteiger partial charge on any atom is -0.271 e. The zero-order valence-electron chi connectivity index (χ0n) is 11.1. The molecule has 0 aliphatic heterocycles. The van der Waals surface area contributed by atoms with Gasteiger partial charge in [-0.3, -0.25) is 16.3 Å². The second-order valence-electron chi connectivity index (χ2n) is 4.89. The van der Waals surface area contributed by atoms with Crippen LogP contribution in [0.5, 0.6) is 0 Å². The van der Waals surface area contributed by atoms with E-state index in [0.717, 1.165) is 18.5 Å². The quantitative estimate of drug-likeness (QED) is 0.626. The minimum atomic E-state index is 0.117. The number of nitrogens with one attached hydrogen (secondary N) is 1. The van der Waals surface area contributed by atoms with E-state index in [9.17, 15) is 0 Å². The van der Waals surface area contributed by atoms with Crippen LogP contribution in [0.3, 0.4) is 0 Å². The summed E-state index contributed by atoms with van der Waals surface area (Å²) in [7, 11) is 0. The fourth-order valence-electron chi connectivity index (χ4n) is 2.25. The van der Waals surface area contributed by atoms with Crippen molar-refractivity contribution in [2.75, 3.05) is 0 Å². The molecular formula is C15H21N3. The maximum absolute atomic E-state index is 5.71. The fraction of sp³-hybridized carbons (Fsp3) is 0.400. The summed E-state index contributed by atoms with van der Waals surface area (Å²) in [5.74, 6) is 6.34. The highest BCUT2D eigenvalue weighted by Crippen LogP contribution is 2.26. The highest BCUT2D eigenvalue weighted by Gasteiger charge is 2.16. The highest BCUT2D eigenvalue weighted by atomic mass is 15.2. The van der Waals surface area contributed by atoms with Gasteiger partial charge in [0.25, 0.3) is 0 Å². The van der Waals surface area contributed by atoms with Gasteiger partial charge in [-0.05, 0) is 23.8 Å². The zero-order valence-corrected chi connectivity index (χ0v) is 11.1. The van der Waals surface area contributed by atoms with E-state index in [2.05, 4.69) is 36.4 Å². The molecule has 18 heavy (non-hydrogen) atoms. The Morgan fingerprint density at radius 3 is 2.78 bits per heavy atom. The van der Waals surface area contributed by atoms with Crippen molar-refractivity contribution in [2.45, 2.75) is 32.7 Å². The Morgan fingerprint density at radius 1 is 1.28 bits per heavy atom. The summed E-state index contributed by atoms with van der Waals surface area (Å²) in [5, 5.41) is 2.40. The number of hydrogen-bond donors (Lipinski definition) is 2. The lowest BCUT2D eigenvalue weighted by molar-refractivity contribution is 0.404. The van der Waals surface area contributed by atoms with E-state index in [0.29, 0.717) is 5.92 Å². The van der Waals surface area contributed by atoms with Gasteiger partial charge in [-0.1, -0.05) is 44.5 Å². The van der Waals surface area contributed by atoms with Crippen molar-refractivity contribution in [3.8, 4) is 0 Å². The number of hydrogen-bond acceptors (Lipinski definition) is 3. The zero-order chi connectivity index (χ0) is 13.0. The summed E-state index contributed by atoms with van der Waals surface area (Å²) in [6, 6.07) is 10.5. The lowest BCUT2D eigenvalue weighted by atomic mass is 9.95. The Kier molecular flexibility index (Phi) is 4.28. The molecule has 0 amide bonds. The lowest BCUT2D eigenvalue weighted by Crippen LogP contribution is -2.30. The minimum absolute atomic E-state index is 0.117. The molecule has 2 unspecified atom stereocenters. The Morgan fingerprint density at radius 2 is 2.06 bits per heavy atom. The average molecular weight is 243 g/mol. The number of nitrogens with two attached hydrogens (primary N) is 1. The molecule has 2 aromatic rings. The van der Waals surface area contributed by atoms with Crippen LogP contribution in [0.1, 0.15) is 38.4 Å². The van der Waals surface area contributed by atoms with E-state index in [4.69, 9.17) is 5.84 Å². The lowest BCUT2D eigenvalue weighted by Gasteiger charge is -2.20. The number of pyridine rings is 1. The van der Waals surface area contributed by atoms with Crippen molar-refractivity contribution in [3.63, 3.8) is 0 Å². The van der Waals surface area contributed by atoms with Gasteiger partial charge in [-0.15, -0.1) is 0 Å². The predicted octanol–water partition coefficient (Wildman–Crippen LogP) is 3.18. The third-order valence-electron chi connectivity index (χ3n) is 3.57. The van der Waals surface area contributed by atoms with Crippen molar-refractivity contribution in [2.24, 2.45) is 11.8 Å². The van der Waals surface area contributed by atoms with Crippen LogP contribution in [0.25, 0.3) is 10.8 Å². The Hall–Kier alpha value is -1.45. The molecule has 0 saturated carbocycles. The van der Waals surface area contributed by atoms with Gasteiger partial charge in [0, 0.05) is 11.6 Å². The maximum atomic E-state index is 5.71. The Balaban J connectivity index is 2.38. The summed E-state index contributed by atoms with van der Waals surface area (Å²) < 4.78 is 0. The van der Waals surface area contributed by atoms with Crippen molar-refractivity contribution in [1.82, 2.24) is 10.4 Å². The van der Waals surface area contributed by atoms with E-state index in [-0.39, 0.29) is 6.04 Å². The van der Waals surface area contributed by atoms with Gasteiger partial charge in [-0.25, -0.2) is 0 Å². The van der Waals surface area contributed by atoms with E-state index in [1.54, 1.807) is 0 Å². The van der Waals surface area contributed by atoms with Crippen LogP contribution in [-0.2, 0) is 0 Å². The third kappa shape index (κ3) is 2.68. The second kappa shape index (κ2) is 5.94. The van der Waals surface area contributed by atoms with Crippen LogP contribution >= 0.6 is 0 Å². The van der Waals surface area contributed by atoms with Crippen molar-refractivity contribution >= 4 is 10.8 Å². The first kappa shape index (κ1) is 13.0. The monoisotopic (exact) mass is 243 g/mol. The average Bonchev–Trinajstić information content (AvgIpc) is 2.44. The van der Waals surface area contributed by atoms with Crippen LogP contribution < -0.4 is 11.3 Å². The van der Waals surface area contributed by atoms with Crippen LogP contribution in [0.4, 0.5) is 0 Å². The topological polar surface area (TPSA) is 50.9 Å². The molecule has 1 aromatic heterocycles. The molecule has 3 N–H and O–H groups in total. The van der Waals surface area contributed by atoms with Crippen LogP contribution in [0.2, 0.25) is 0 Å². The smallest absolute Gasteiger partial charge is 0.0664 e. The summed E-state index contributed by atoms with van der Waals surface area (Å²) >= 11 is 0. The van der Waals surface area contributed by atoms with Crippen LogP contribution in [0, 0.1) is 5.92 Å². The highest BCUT2D eigenvalue weighted by molar-refractivity contribution is 5.84. The molecule has 1 aromatic carbocycles. The number of rotatable bonds is 5. The first-order chi connectivity index (χ1) is 8.76. The van der Waals surface area contributed by atoms with Crippen molar-refractivity contribution in [3.05, 3.63) is 42.2 Å². The predicted molar refractivity (Wildman–Crippen MR) is 75.9 cm³/mol. The molecule has 2 rings (SSSR count). The molecule has 3 nitrogen and oxygen atoms in total. The van der Waals surface area contributed by atoms with Gasteiger partial charge >= 0.3 is 0 Å². The summed E-state index contributed by atoms with van der Waals surface area (Å²) in [4.78, 5) is 4.52. The maximum Gasteiger partial charge on any atom is 0.0664 e. The van der Waals surface area contributed by atoms with Gasteiger partial charge in [-0.2, -0.15) is 0 Å². The molecule has 0 aliphatic carbocycles. The van der Waals surface area contributed by atoms with E-state index >= 15 is 0 Å². The van der Waals surface area contributed by atoms with Gasteiger partial charge in [0.15, 0.2) is 0 Å². The molecule has 2 atom stereocenters. The van der Waals surface area contributed by atoms with E-state index < -0.39 is 0 Å². The van der Waals surface area contributed by atoms with Crippen molar-refractivity contribution < 1.29 is 0 Å². The standard InChI is InChI=1S/C15H21N3/c1-3-11(2)10-14(18-16)15-13-7-5-4-6-12(13)8-9-17-15/h4-9,11,14,18H,3,10,16H2,1-2H3. The normalized spacial score (nSPS) is 14.6. The molecule has 0 fully saturated rings. The number of benzene rings is 1. The molecule has 96 valence electrons. The molecule has 1 heterocycles. The van der Waals surface area contributed by atoms with Gasteiger partial charge in [0.05, 0.1) is 11.7 Å². The molecular weight excluding hydrogens is 222 g/mol. The molecule has 0 bridgehead atoms. The van der Waals surface area contributed by atoms with E-state index in [1.165, 1.54) is 10.8 Å². The van der Waals surface area contributed by atoms with Gasteiger partial charge in [0.2, 0.25) is 0 Å². The summed E-state index contributed by atoms with van der Waals surface area (Å²) in [6.07, 6.45) is 4.02. The van der Waals surface area contributed by atoms with E-state index in [1.807, 2.05) is 24.4 Å². The SMILES string of the molecule is CCC(C)CC(NN)c1nccc2ccccc12. The van der Waals surface area contributed by atoms with Crippen LogP contribution in [-0.4, -0.2) is 4.98 Å². The second-order valence-corrected chi connectivity index (χ2v) is 4.89. The molecule has 0 spiro atoms. The Bertz CT molecular complexity index is 505. The fourth-order valence-corrected chi connectivity index (χ4v) is 2.25. The van der Waals surface area contributed by atoms with Gasteiger partial charge < -0.3 is 0 Å². The van der Waals surface area contributed by atoms with Crippen LogP contribution in [0.15, 0.2) is 36.5 Å².